The highest BCUT2D eigenvalue weighted by molar-refractivity contribution is 9.10. The van der Waals surface area contributed by atoms with Crippen LogP contribution in [0.15, 0.2) is 83.1 Å². The summed E-state index contributed by atoms with van der Waals surface area (Å²) in [5.41, 5.74) is 1.11. The first-order valence-corrected chi connectivity index (χ1v) is 9.26. The monoisotopic (exact) mass is 435 g/mol. The minimum atomic E-state index is -0.847. The fraction of sp³-hybridized carbons (Fsp3) is 0.0476. The number of aliphatic hydroxyl groups excluding tert-OH is 1. The number of halogens is 1. The van der Waals surface area contributed by atoms with Crippen LogP contribution < -0.4 is 4.90 Å². The van der Waals surface area contributed by atoms with Crippen LogP contribution in [0.5, 0.6) is 0 Å². The third kappa shape index (κ3) is 3.10. The zero-order chi connectivity index (χ0) is 19.7. The summed E-state index contributed by atoms with van der Waals surface area (Å²) in [7, 11) is 0. The van der Waals surface area contributed by atoms with Crippen LogP contribution in [0.1, 0.15) is 17.2 Å². The summed E-state index contributed by atoms with van der Waals surface area (Å²) in [5, 5.41) is 10.9. The number of anilines is 1. The Kier molecular flexibility index (Phi) is 4.75. The molecule has 2 aromatic carbocycles. The maximum Gasteiger partial charge on any atom is 0.302 e. The Bertz CT molecular complexity index is 1080. The Balaban J connectivity index is 1.96. The van der Waals surface area contributed by atoms with Crippen LogP contribution >= 0.6 is 15.9 Å². The average molecular weight is 436 g/mol. The van der Waals surface area contributed by atoms with Crippen molar-refractivity contribution in [2.45, 2.75) is 6.04 Å². The Morgan fingerprint density at radius 2 is 1.68 bits per heavy atom. The number of aromatic nitrogens is 2. The van der Waals surface area contributed by atoms with Crippen molar-refractivity contribution in [3.63, 3.8) is 0 Å². The maximum atomic E-state index is 12.9. The molecule has 138 valence electrons. The van der Waals surface area contributed by atoms with Crippen molar-refractivity contribution >= 4 is 39.3 Å². The van der Waals surface area contributed by atoms with Crippen molar-refractivity contribution < 1.29 is 14.7 Å². The van der Waals surface area contributed by atoms with E-state index < -0.39 is 17.7 Å². The zero-order valence-corrected chi connectivity index (χ0v) is 16.1. The highest BCUT2D eigenvalue weighted by Crippen LogP contribution is 2.41. The number of hydrogen-bond donors (Lipinski definition) is 1. The molecule has 3 aromatic rings. The standard InChI is InChI=1S/C21H14BrN3O3/c22-15-9-4-8-14(12-15)17-16(18(26)13-6-2-1-3-7-13)19(27)20(28)25(17)21-23-10-5-11-24-21/h1-12,17,26H. The summed E-state index contributed by atoms with van der Waals surface area (Å²) in [5.74, 6) is -1.70. The second-order valence-corrected chi connectivity index (χ2v) is 7.05. The van der Waals surface area contributed by atoms with Crippen LogP contribution in [-0.2, 0) is 9.59 Å². The molecule has 0 radical (unpaired) electrons. The van der Waals surface area contributed by atoms with Gasteiger partial charge in [-0.2, -0.15) is 0 Å². The number of benzene rings is 2. The first-order chi connectivity index (χ1) is 13.6. The number of carbonyl (C=O) groups excluding carboxylic acids is 2. The Hall–Kier alpha value is -3.32. The summed E-state index contributed by atoms with van der Waals surface area (Å²) in [6.45, 7) is 0. The lowest BCUT2D eigenvalue weighted by Gasteiger charge is -2.23. The largest absolute Gasteiger partial charge is 0.507 e. The number of amides is 1. The number of rotatable bonds is 3. The van der Waals surface area contributed by atoms with E-state index in [0.717, 1.165) is 4.47 Å². The van der Waals surface area contributed by atoms with Gasteiger partial charge >= 0.3 is 5.91 Å². The summed E-state index contributed by atoms with van der Waals surface area (Å²) in [6.07, 6.45) is 2.99. The molecule has 1 N–H and O–H groups in total. The molecule has 1 aromatic heterocycles. The third-order valence-corrected chi connectivity index (χ3v) is 4.92. The van der Waals surface area contributed by atoms with Gasteiger partial charge in [0.2, 0.25) is 5.95 Å². The molecule has 1 saturated heterocycles. The Labute approximate surface area is 169 Å². The van der Waals surface area contributed by atoms with E-state index in [1.807, 2.05) is 6.07 Å². The minimum Gasteiger partial charge on any atom is -0.507 e. The van der Waals surface area contributed by atoms with Gasteiger partial charge in [0.25, 0.3) is 5.78 Å². The zero-order valence-electron chi connectivity index (χ0n) is 14.5. The lowest BCUT2D eigenvalue weighted by Crippen LogP contribution is -2.31. The summed E-state index contributed by atoms with van der Waals surface area (Å²) >= 11 is 3.42. The van der Waals surface area contributed by atoms with Crippen LogP contribution in [-0.4, -0.2) is 26.8 Å². The van der Waals surface area contributed by atoms with Gasteiger partial charge in [0.15, 0.2) is 0 Å². The third-order valence-electron chi connectivity index (χ3n) is 4.42. The van der Waals surface area contributed by atoms with Gasteiger partial charge in [-0.15, -0.1) is 0 Å². The number of Topliss-reactive ketones (excluding diaryl/α,β-unsaturated/α-hetero) is 1. The fourth-order valence-electron chi connectivity index (χ4n) is 3.20. The molecular weight excluding hydrogens is 422 g/mol. The molecule has 0 saturated carbocycles. The molecule has 1 unspecified atom stereocenters. The van der Waals surface area contributed by atoms with E-state index in [9.17, 15) is 14.7 Å². The second-order valence-electron chi connectivity index (χ2n) is 6.14. The molecular formula is C21H14BrN3O3. The highest BCUT2D eigenvalue weighted by atomic mass is 79.9. The summed E-state index contributed by atoms with van der Waals surface area (Å²) in [6, 6.07) is 16.7. The van der Waals surface area contributed by atoms with Gasteiger partial charge in [-0.3, -0.25) is 14.5 Å². The molecule has 1 atom stereocenters. The van der Waals surface area contributed by atoms with Gasteiger partial charge in [-0.1, -0.05) is 58.4 Å². The molecule has 1 amide bonds. The van der Waals surface area contributed by atoms with Crippen molar-refractivity contribution in [1.82, 2.24) is 9.97 Å². The van der Waals surface area contributed by atoms with Crippen molar-refractivity contribution in [2.24, 2.45) is 0 Å². The Morgan fingerprint density at radius 1 is 0.964 bits per heavy atom. The van der Waals surface area contributed by atoms with E-state index in [-0.39, 0.29) is 17.3 Å². The lowest BCUT2D eigenvalue weighted by molar-refractivity contribution is -0.132. The molecule has 1 aliphatic heterocycles. The van der Waals surface area contributed by atoms with Crippen LogP contribution in [0.2, 0.25) is 0 Å². The predicted molar refractivity (Wildman–Crippen MR) is 107 cm³/mol. The van der Waals surface area contributed by atoms with Gasteiger partial charge in [-0.05, 0) is 23.8 Å². The molecule has 1 aliphatic rings. The van der Waals surface area contributed by atoms with Crippen molar-refractivity contribution in [3.8, 4) is 0 Å². The number of ketones is 1. The predicted octanol–water partition coefficient (Wildman–Crippen LogP) is 3.87. The molecule has 0 aliphatic carbocycles. The number of hydrogen-bond acceptors (Lipinski definition) is 5. The van der Waals surface area contributed by atoms with Gasteiger partial charge in [0.1, 0.15) is 5.76 Å². The molecule has 2 heterocycles. The van der Waals surface area contributed by atoms with E-state index in [4.69, 9.17) is 0 Å². The van der Waals surface area contributed by atoms with E-state index in [1.165, 1.54) is 17.3 Å². The van der Waals surface area contributed by atoms with E-state index in [0.29, 0.717) is 11.1 Å². The van der Waals surface area contributed by atoms with Crippen molar-refractivity contribution in [1.29, 1.82) is 0 Å². The molecule has 4 rings (SSSR count). The first-order valence-electron chi connectivity index (χ1n) is 8.47. The highest BCUT2D eigenvalue weighted by Gasteiger charge is 2.48. The number of nitrogens with zero attached hydrogens (tertiary/aromatic N) is 3. The molecule has 28 heavy (non-hydrogen) atoms. The van der Waals surface area contributed by atoms with Crippen molar-refractivity contribution in [2.75, 3.05) is 4.90 Å². The normalized spacial score (nSPS) is 18.5. The Morgan fingerprint density at radius 3 is 2.36 bits per heavy atom. The molecule has 6 nitrogen and oxygen atoms in total. The van der Waals surface area contributed by atoms with E-state index in [2.05, 4.69) is 25.9 Å². The van der Waals surface area contributed by atoms with Crippen LogP contribution in [0.3, 0.4) is 0 Å². The quantitative estimate of drug-likeness (QED) is 0.383. The van der Waals surface area contributed by atoms with E-state index in [1.54, 1.807) is 54.6 Å². The fourth-order valence-corrected chi connectivity index (χ4v) is 3.61. The SMILES string of the molecule is O=C1C(=O)N(c2ncccn2)C(c2cccc(Br)c2)C1=C(O)c1ccccc1. The van der Waals surface area contributed by atoms with E-state index >= 15 is 0 Å². The maximum absolute atomic E-state index is 12.9. The molecule has 7 heteroatoms. The lowest BCUT2D eigenvalue weighted by atomic mass is 9.95. The summed E-state index contributed by atoms with van der Waals surface area (Å²) < 4.78 is 0.782. The van der Waals surface area contributed by atoms with Crippen LogP contribution in [0.4, 0.5) is 5.95 Å². The average Bonchev–Trinajstić information content (AvgIpc) is 3.00. The van der Waals surface area contributed by atoms with Crippen LogP contribution in [0.25, 0.3) is 5.76 Å². The number of aliphatic hydroxyl groups is 1. The minimum absolute atomic E-state index is 0.00162. The first kappa shape index (κ1) is 18.1. The van der Waals surface area contributed by atoms with Crippen LogP contribution in [0, 0.1) is 0 Å². The topological polar surface area (TPSA) is 83.4 Å². The smallest absolute Gasteiger partial charge is 0.302 e. The van der Waals surface area contributed by atoms with Gasteiger partial charge < -0.3 is 5.11 Å². The molecule has 0 spiro atoms. The molecule has 1 fully saturated rings. The molecule has 0 bridgehead atoms. The van der Waals surface area contributed by atoms with Gasteiger partial charge in [0.05, 0.1) is 11.6 Å². The number of carbonyl (C=O) groups is 2. The van der Waals surface area contributed by atoms with Gasteiger partial charge in [0, 0.05) is 22.4 Å². The van der Waals surface area contributed by atoms with Gasteiger partial charge in [-0.25, -0.2) is 9.97 Å². The summed E-state index contributed by atoms with van der Waals surface area (Å²) in [4.78, 5) is 35.2. The van der Waals surface area contributed by atoms with Crippen molar-refractivity contribution in [3.05, 3.63) is 94.2 Å². The second kappa shape index (κ2) is 7.36.